The summed E-state index contributed by atoms with van der Waals surface area (Å²) in [6.07, 6.45) is 1.46. The molecule has 1 aliphatic heterocycles. The van der Waals surface area contributed by atoms with Crippen LogP contribution in [0.1, 0.15) is 12.5 Å². The van der Waals surface area contributed by atoms with E-state index in [0.29, 0.717) is 0 Å². The van der Waals surface area contributed by atoms with Crippen molar-refractivity contribution < 1.29 is 24.1 Å². The van der Waals surface area contributed by atoms with Crippen LogP contribution in [0.3, 0.4) is 0 Å². The van der Waals surface area contributed by atoms with Gasteiger partial charge in [-0.15, -0.1) is 11.8 Å². The van der Waals surface area contributed by atoms with Gasteiger partial charge in [0.1, 0.15) is 23.9 Å². The van der Waals surface area contributed by atoms with Crippen LogP contribution >= 0.6 is 11.8 Å². The molecule has 1 aromatic carbocycles. The van der Waals surface area contributed by atoms with E-state index in [1.54, 1.807) is 11.9 Å². The van der Waals surface area contributed by atoms with Crippen molar-refractivity contribution in [1.82, 2.24) is 10.4 Å². The Kier molecular flexibility index (Phi) is 6.53. The predicted molar refractivity (Wildman–Crippen MR) is 88.5 cm³/mol. The number of hydrazine groups is 1. The van der Waals surface area contributed by atoms with Crippen molar-refractivity contribution in [2.24, 2.45) is 4.99 Å². The van der Waals surface area contributed by atoms with Gasteiger partial charge in [-0.25, -0.2) is 8.78 Å². The van der Waals surface area contributed by atoms with Gasteiger partial charge in [0.15, 0.2) is 0 Å². The fraction of sp³-hybridized carbons (Fsp3) is 0.533. The zero-order valence-electron chi connectivity index (χ0n) is 13.2. The Hall–Kier alpha value is -1.26. The Balaban J connectivity index is 2.32. The number of aliphatic imine (C=N–C) groups is 1. The molecule has 0 fully saturated rings. The summed E-state index contributed by atoms with van der Waals surface area (Å²) in [6, 6.07) is 3.02. The topological polar surface area (TPSA) is 88.3 Å². The third-order valence-electron chi connectivity index (χ3n) is 3.89. The van der Waals surface area contributed by atoms with E-state index in [4.69, 9.17) is 0 Å². The van der Waals surface area contributed by atoms with E-state index in [0.717, 1.165) is 23.9 Å². The second kappa shape index (κ2) is 8.21. The van der Waals surface area contributed by atoms with Crippen molar-refractivity contribution in [3.8, 4) is 0 Å². The summed E-state index contributed by atoms with van der Waals surface area (Å²) in [6.45, 7) is 1.39. The number of hydrogen-bond donors (Lipinski definition) is 4. The number of aliphatic hydroxyl groups excluding tert-OH is 2. The monoisotopic (exact) mass is 361 g/mol. The Labute approximate surface area is 143 Å². The average Bonchev–Trinajstić information content (AvgIpc) is 3.04. The van der Waals surface area contributed by atoms with Crippen LogP contribution in [0, 0.1) is 11.6 Å². The number of thioether (sulfide) groups is 1. The minimum Gasteiger partial charge on any atom is -0.395 e. The van der Waals surface area contributed by atoms with E-state index >= 15 is 0 Å². The van der Waals surface area contributed by atoms with Gasteiger partial charge in [-0.3, -0.25) is 4.99 Å². The molecule has 24 heavy (non-hydrogen) atoms. The lowest BCUT2D eigenvalue weighted by atomic mass is 9.89. The molecule has 0 amide bonds. The van der Waals surface area contributed by atoms with E-state index < -0.39 is 27.7 Å². The molecule has 0 unspecified atom stereocenters. The van der Waals surface area contributed by atoms with Crippen LogP contribution in [0.25, 0.3) is 0 Å². The van der Waals surface area contributed by atoms with Gasteiger partial charge in [0.2, 0.25) is 0 Å². The second-order valence-electron chi connectivity index (χ2n) is 5.59. The Morgan fingerprint density at radius 2 is 2.08 bits per heavy atom. The minimum absolute atomic E-state index is 0.00665. The van der Waals surface area contributed by atoms with Crippen molar-refractivity contribution in [2.75, 3.05) is 26.4 Å². The third kappa shape index (κ3) is 4.22. The molecule has 1 aliphatic rings. The quantitative estimate of drug-likeness (QED) is 0.537. The molecule has 4 N–H and O–H groups in total. The van der Waals surface area contributed by atoms with Gasteiger partial charge < -0.3 is 20.7 Å². The van der Waals surface area contributed by atoms with Crippen LogP contribution in [0.5, 0.6) is 0 Å². The van der Waals surface area contributed by atoms with E-state index in [-0.39, 0.29) is 32.0 Å². The molecular formula is C15H21F2N3O3S. The number of aliphatic hydroxyl groups is 3. The van der Waals surface area contributed by atoms with Crippen LogP contribution < -0.4 is 5.43 Å². The van der Waals surface area contributed by atoms with Crippen LogP contribution in [-0.2, 0) is 5.60 Å². The van der Waals surface area contributed by atoms with E-state index in [2.05, 4.69) is 10.4 Å². The first-order chi connectivity index (χ1) is 11.4. The average molecular weight is 361 g/mol. The SMILES string of the molecule is C[C@@H](SC(CO)CO)[C@](O)(CN1CN=CN1)c1ccc(F)cc1F. The molecule has 0 spiro atoms. The number of benzene rings is 1. The first-order valence-corrected chi connectivity index (χ1v) is 8.39. The first kappa shape index (κ1) is 19.1. The maximum absolute atomic E-state index is 14.3. The van der Waals surface area contributed by atoms with Gasteiger partial charge in [0.05, 0.1) is 31.3 Å². The van der Waals surface area contributed by atoms with Gasteiger partial charge >= 0.3 is 0 Å². The molecule has 2 rings (SSSR count). The lowest BCUT2D eigenvalue weighted by molar-refractivity contribution is -0.00632. The van der Waals surface area contributed by atoms with Gasteiger partial charge in [-0.2, -0.15) is 5.01 Å². The lowest BCUT2D eigenvalue weighted by Crippen LogP contribution is -2.50. The fourth-order valence-electron chi connectivity index (χ4n) is 2.51. The number of rotatable bonds is 8. The van der Waals surface area contributed by atoms with Crippen molar-refractivity contribution in [2.45, 2.75) is 23.0 Å². The fourth-order valence-corrected chi connectivity index (χ4v) is 3.68. The number of β-amino-alcohol motifs (C(OH)–C–C–N with tert-alkyl or cyclic N) is 1. The number of nitrogens with one attached hydrogen (secondary N) is 1. The molecule has 0 saturated carbocycles. The van der Waals surface area contributed by atoms with Crippen LogP contribution in [0.4, 0.5) is 8.78 Å². The van der Waals surface area contributed by atoms with Gasteiger partial charge in [-0.05, 0) is 6.07 Å². The highest BCUT2D eigenvalue weighted by Gasteiger charge is 2.41. The second-order valence-corrected chi connectivity index (χ2v) is 7.24. The number of nitrogens with zero attached hydrogens (tertiary/aromatic N) is 2. The minimum atomic E-state index is -1.69. The molecule has 0 aromatic heterocycles. The molecular weight excluding hydrogens is 340 g/mol. The van der Waals surface area contributed by atoms with Crippen LogP contribution in [0.15, 0.2) is 23.2 Å². The third-order valence-corrected chi connectivity index (χ3v) is 5.37. The highest BCUT2D eigenvalue weighted by atomic mass is 32.2. The van der Waals surface area contributed by atoms with Crippen molar-refractivity contribution in [3.63, 3.8) is 0 Å². The molecule has 1 aromatic rings. The zero-order chi connectivity index (χ0) is 17.7. The van der Waals surface area contributed by atoms with E-state index in [1.165, 1.54) is 12.4 Å². The van der Waals surface area contributed by atoms with Crippen molar-refractivity contribution in [3.05, 3.63) is 35.4 Å². The van der Waals surface area contributed by atoms with E-state index in [9.17, 15) is 24.1 Å². The summed E-state index contributed by atoms with van der Waals surface area (Å²) in [5, 5.41) is 30.2. The van der Waals surface area contributed by atoms with Crippen molar-refractivity contribution in [1.29, 1.82) is 0 Å². The number of halogens is 2. The van der Waals surface area contributed by atoms with Gasteiger partial charge in [0, 0.05) is 16.9 Å². The largest absolute Gasteiger partial charge is 0.395 e. The molecule has 1 heterocycles. The summed E-state index contributed by atoms with van der Waals surface area (Å²) in [7, 11) is 0. The smallest absolute Gasteiger partial charge is 0.132 e. The highest BCUT2D eigenvalue weighted by Crippen LogP contribution is 2.37. The first-order valence-electron chi connectivity index (χ1n) is 7.45. The summed E-state index contributed by atoms with van der Waals surface area (Å²) in [5.74, 6) is -1.58. The molecule has 2 atom stereocenters. The molecule has 0 bridgehead atoms. The normalized spacial score (nSPS) is 18.6. The maximum Gasteiger partial charge on any atom is 0.132 e. The van der Waals surface area contributed by atoms with Gasteiger partial charge in [0.25, 0.3) is 0 Å². The maximum atomic E-state index is 14.3. The summed E-state index contributed by atoms with van der Waals surface area (Å²) >= 11 is 1.14. The zero-order valence-corrected chi connectivity index (χ0v) is 14.0. The molecule has 0 aliphatic carbocycles. The molecule has 0 saturated heterocycles. The van der Waals surface area contributed by atoms with Crippen molar-refractivity contribution >= 4 is 18.1 Å². The Morgan fingerprint density at radius 3 is 2.62 bits per heavy atom. The molecule has 9 heteroatoms. The number of hydrogen-bond acceptors (Lipinski definition) is 7. The van der Waals surface area contributed by atoms with Crippen LogP contribution in [0.2, 0.25) is 0 Å². The lowest BCUT2D eigenvalue weighted by Gasteiger charge is -2.38. The van der Waals surface area contributed by atoms with Crippen LogP contribution in [-0.4, -0.2) is 63.6 Å². The predicted octanol–water partition coefficient (Wildman–Crippen LogP) is 0.433. The standard InChI is InChI=1S/C15H21F2N3O3S/c1-10(24-12(5-21)6-22)15(23,7-20-9-18-8-19-20)13-3-2-11(16)4-14(13)17/h2-4,8,10,12,21-23H,5-7,9H2,1H3,(H,18,19)/t10-,15-/m1/s1. The van der Waals surface area contributed by atoms with Gasteiger partial charge in [-0.1, -0.05) is 13.0 Å². The summed E-state index contributed by atoms with van der Waals surface area (Å²) in [4.78, 5) is 3.97. The molecule has 6 nitrogen and oxygen atoms in total. The highest BCUT2D eigenvalue weighted by molar-refractivity contribution is 8.00. The Bertz CT molecular complexity index is 581. The summed E-state index contributed by atoms with van der Waals surface area (Å²) < 4.78 is 27.5. The molecule has 134 valence electrons. The Morgan fingerprint density at radius 1 is 1.38 bits per heavy atom. The molecule has 0 radical (unpaired) electrons. The van der Waals surface area contributed by atoms with E-state index in [1.807, 2.05) is 0 Å². The summed E-state index contributed by atoms with van der Waals surface area (Å²) in [5.41, 5.74) is 1.09.